The lowest BCUT2D eigenvalue weighted by Crippen LogP contribution is -2.37. The third-order valence-corrected chi connectivity index (χ3v) is 4.35. The van der Waals surface area contributed by atoms with E-state index < -0.39 is 0 Å². The number of nitrogens with zero attached hydrogens (tertiary/aromatic N) is 2. The molecule has 2 aromatic rings. The van der Waals surface area contributed by atoms with Crippen LogP contribution in [0.5, 0.6) is 0 Å². The smallest absolute Gasteiger partial charge is 0.255 e. The number of amides is 1. The lowest BCUT2D eigenvalue weighted by atomic mass is 10.1. The van der Waals surface area contributed by atoms with Crippen LogP contribution in [0, 0.1) is 0 Å². The molecule has 6 heteroatoms. The van der Waals surface area contributed by atoms with E-state index in [4.69, 9.17) is 4.42 Å². The summed E-state index contributed by atoms with van der Waals surface area (Å²) in [5, 5.41) is 2.90. The Morgan fingerprint density at radius 1 is 1.24 bits per heavy atom. The van der Waals surface area contributed by atoms with Gasteiger partial charge in [0.25, 0.3) is 5.91 Å². The maximum Gasteiger partial charge on any atom is 0.255 e. The highest BCUT2D eigenvalue weighted by Gasteiger charge is 2.21. The summed E-state index contributed by atoms with van der Waals surface area (Å²) in [7, 11) is 0. The van der Waals surface area contributed by atoms with Crippen LogP contribution in [-0.2, 0) is 0 Å². The summed E-state index contributed by atoms with van der Waals surface area (Å²) < 4.78 is 5.11. The zero-order valence-corrected chi connectivity index (χ0v) is 14.4. The number of hydrogen-bond acceptors (Lipinski definition) is 5. The van der Waals surface area contributed by atoms with E-state index in [-0.39, 0.29) is 24.2 Å². The van der Waals surface area contributed by atoms with Gasteiger partial charge in [0.1, 0.15) is 5.82 Å². The molecular formula is C19H23N3O3. The molecule has 0 bridgehead atoms. The van der Waals surface area contributed by atoms with E-state index in [1.54, 1.807) is 30.5 Å². The van der Waals surface area contributed by atoms with Crippen molar-refractivity contribution in [1.29, 1.82) is 0 Å². The summed E-state index contributed by atoms with van der Waals surface area (Å²) in [6, 6.07) is 6.57. The first kappa shape index (κ1) is 17.2. The second kappa shape index (κ2) is 7.96. The monoisotopic (exact) mass is 341 g/mol. The number of carbonyl (C=O) groups excluding carboxylic acids is 2. The fourth-order valence-electron chi connectivity index (χ4n) is 3.10. The molecule has 0 aromatic carbocycles. The highest BCUT2D eigenvalue weighted by atomic mass is 16.3. The average molecular weight is 341 g/mol. The van der Waals surface area contributed by atoms with Gasteiger partial charge in [-0.1, -0.05) is 0 Å². The van der Waals surface area contributed by atoms with Gasteiger partial charge in [-0.15, -0.1) is 0 Å². The summed E-state index contributed by atoms with van der Waals surface area (Å²) in [5.41, 5.74) is 0.557. The van der Waals surface area contributed by atoms with E-state index >= 15 is 0 Å². The molecule has 1 aliphatic heterocycles. The largest absolute Gasteiger partial charge is 0.461 e. The van der Waals surface area contributed by atoms with Gasteiger partial charge in [-0.3, -0.25) is 9.59 Å². The van der Waals surface area contributed by atoms with Crippen LogP contribution in [0.2, 0.25) is 0 Å². The van der Waals surface area contributed by atoms with Crippen molar-refractivity contribution in [3.8, 4) is 0 Å². The van der Waals surface area contributed by atoms with Crippen LogP contribution in [0.1, 0.15) is 53.5 Å². The van der Waals surface area contributed by atoms with Gasteiger partial charge in [-0.2, -0.15) is 0 Å². The molecule has 1 N–H and O–H groups in total. The van der Waals surface area contributed by atoms with Gasteiger partial charge in [-0.25, -0.2) is 4.98 Å². The van der Waals surface area contributed by atoms with Crippen molar-refractivity contribution in [1.82, 2.24) is 10.3 Å². The fourth-order valence-corrected chi connectivity index (χ4v) is 3.10. The molecule has 0 radical (unpaired) electrons. The summed E-state index contributed by atoms with van der Waals surface area (Å²) >= 11 is 0. The van der Waals surface area contributed by atoms with Crippen molar-refractivity contribution >= 4 is 17.5 Å². The topological polar surface area (TPSA) is 75.4 Å². The van der Waals surface area contributed by atoms with Gasteiger partial charge in [0.2, 0.25) is 0 Å². The van der Waals surface area contributed by atoms with Crippen molar-refractivity contribution in [2.75, 3.05) is 18.0 Å². The summed E-state index contributed by atoms with van der Waals surface area (Å²) in [5.74, 6) is 0.717. The predicted molar refractivity (Wildman–Crippen MR) is 94.9 cm³/mol. The Balaban J connectivity index is 1.65. The number of anilines is 1. The summed E-state index contributed by atoms with van der Waals surface area (Å²) in [6.45, 7) is 3.66. The molecule has 1 atom stereocenters. The van der Waals surface area contributed by atoms with Crippen LogP contribution in [0.4, 0.5) is 5.82 Å². The van der Waals surface area contributed by atoms with Gasteiger partial charge in [-0.05, 0) is 50.5 Å². The first-order chi connectivity index (χ1) is 12.1. The maximum atomic E-state index is 12.7. The maximum absolute atomic E-state index is 12.7. The predicted octanol–water partition coefficient (Wildman–Crippen LogP) is 3.06. The highest BCUT2D eigenvalue weighted by molar-refractivity contribution is 6.00. The molecule has 2 aromatic heterocycles. The van der Waals surface area contributed by atoms with Gasteiger partial charge < -0.3 is 14.6 Å². The Morgan fingerprint density at radius 3 is 2.76 bits per heavy atom. The van der Waals surface area contributed by atoms with Crippen molar-refractivity contribution in [3.05, 3.63) is 48.0 Å². The third-order valence-electron chi connectivity index (χ3n) is 4.35. The first-order valence-corrected chi connectivity index (χ1v) is 8.72. The zero-order chi connectivity index (χ0) is 17.6. The second-order valence-corrected chi connectivity index (χ2v) is 6.40. The average Bonchev–Trinajstić information content (AvgIpc) is 3.17. The molecule has 0 saturated carbocycles. The number of nitrogens with one attached hydrogen (secondary N) is 1. The molecule has 1 saturated heterocycles. The van der Waals surface area contributed by atoms with E-state index in [9.17, 15) is 9.59 Å². The molecular weight excluding hydrogens is 318 g/mol. The number of rotatable bonds is 6. The molecule has 3 rings (SSSR count). The Bertz CT molecular complexity index is 721. The number of aromatic nitrogens is 1. The third kappa shape index (κ3) is 4.26. The van der Waals surface area contributed by atoms with Crippen LogP contribution in [0.15, 0.2) is 41.1 Å². The molecule has 132 valence electrons. The Kier molecular flexibility index (Phi) is 5.48. The first-order valence-electron chi connectivity index (χ1n) is 8.72. The van der Waals surface area contributed by atoms with E-state index in [0.717, 1.165) is 31.7 Å². The van der Waals surface area contributed by atoms with Crippen molar-refractivity contribution in [2.24, 2.45) is 0 Å². The standard InChI is InChI=1S/C19H23N3O3/c1-14(13-16(23)17-8-6-12-25-17)21-19(24)15-7-5-9-20-18(15)22-10-3-2-4-11-22/h5-9,12,14H,2-4,10-11,13H2,1H3,(H,21,24). The number of hydrogen-bond donors (Lipinski definition) is 1. The Labute approximate surface area is 147 Å². The molecule has 1 fully saturated rings. The normalized spacial score (nSPS) is 15.6. The zero-order valence-electron chi connectivity index (χ0n) is 14.4. The highest BCUT2D eigenvalue weighted by Crippen LogP contribution is 2.21. The van der Waals surface area contributed by atoms with Gasteiger partial charge >= 0.3 is 0 Å². The fraction of sp³-hybridized carbons (Fsp3) is 0.421. The minimum atomic E-state index is -0.292. The quantitative estimate of drug-likeness (QED) is 0.817. The SMILES string of the molecule is CC(CC(=O)c1ccco1)NC(=O)c1cccnc1N1CCCCC1. The van der Waals surface area contributed by atoms with Crippen LogP contribution in [-0.4, -0.2) is 35.8 Å². The minimum absolute atomic E-state index is 0.125. The van der Waals surface area contributed by atoms with Gasteiger partial charge in [0, 0.05) is 31.7 Å². The molecule has 1 aliphatic rings. The molecule has 1 amide bonds. The van der Waals surface area contributed by atoms with E-state index in [2.05, 4.69) is 15.2 Å². The Hall–Kier alpha value is -2.63. The number of Topliss-reactive ketones (excluding diaryl/α,β-unsaturated/α-hetero) is 1. The molecule has 25 heavy (non-hydrogen) atoms. The number of ketones is 1. The van der Waals surface area contributed by atoms with Crippen LogP contribution in [0.3, 0.4) is 0 Å². The molecule has 0 aliphatic carbocycles. The van der Waals surface area contributed by atoms with Crippen LogP contribution < -0.4 is 10.2 Å². The van der Waals surface area contributed by atoms with E-state index in [1.165, 1.54) is 12.7 Å². The Morgan fingerprint density at radius 2 is 2.04 bits per heavy atom. The number of pyridine rings is 1. The van der Waals surface area contributed by atoms with E-state index in [1.807, 2.05) is 6.92 Å². The number of furan rings is 1. The number of piperidine rings is 1. The number of carbonyl (C=O) groups is 2. The van der Waals surface area contributed by atoms with Crippen LogP contribution >= 0.6 is 0 Å². The van der Waals surface area contributed by atoms with Crippen molar-refractivity contribution < 1.29 is 14.0 Å². The van der Waals surface area contributed by atoms with Crippen molar-refractivity contribution in [2.45, 2.75) is 38.6 Å². The summed E-state index contributed by atoms with van der Waals surface area (Å²) in [4.78, 5) is 31.3. The van der Waals surface area contributed by atoms with Gasteiger partial charge in [0.15, 0.2) is 11.5 Å². The lowest BCUT2D eigenvalue weighted by molar-refractivity contribution is 0.0907. The van der Waals surface area contributed by atoms with Gasteiger partial charge in [0.05, 0.1) is 11.8 Å². The minimum Gasteiger partial charge on any atom is -0.461 e. The van der Waals surface area contributed by atoms with Crippen LogP contribution in [0.25, 0.3) is 0 Å². The molecule has 0 spiro atoms. The second-order valence-electron chi connectivity index (χ2n) is 6.40. The van der Waals surface area contributed by atoms with E-state index in [0.29, 0.717) is 11.3 Å². The molecule has 1 unspecified atom stereocenters. The van der Waals surface area contributed by atoms with Crippen molar-refractivity contribution in [3.63, 3.8) is 0 Å². The molecule has 3 heterocycles. The molecule has 6 nitrogen and oxygen atoms in total. The summed E-state index contributed by atoms with van der Waals surface area (Å²) in [6.07, 6.45) is 6.83. The lowest BCUT2D eigenvalue weighted by Gasteiger charge is -2.29.